The van der Waals surface area contributed by atoms with Gasteiger partial charge in [-0.15, -0.1) is 0 Å². The van der Waals surface area contributed by atoms with E-state index in [1.54, 1.807) is 0 Å². The highest BCUT2D eigenvalue weighted by molar-refractivity contribution is 7.92. The lowest BCUT2D eigenvalue weighted by Crippen LogP contribution is -2.41. The topological polar surface area (TPSA) is 86.7 Å². The third-order valence-electron chi connectivity index (χ3n) is 3.59. The number of ether oxygens (including phenoxy) is 2. The smallest absolute Gasteiger partial charge is 0.327 e. The lowest BCUT2D eigenvalue weighted by molar-refractivity contribution is -0.165. The molecule has 0 heterocycles. The molecule has 1 rings (SSSR count). The van der Waals surface area contributed by atoms with Gasteiger partial charge in [0.2, 0.25) is 0 Å². The van der Waals surface area contributed by atoms with Crippen molar-refractivity contribution >= 4 is 21.8 Å². The molecule has 1 aliphatic rings. The van der Waals surface area contributed by atoms with E-state index in [0.717, 1.165) is 14.2 Å². The zero-order chi connectivity index (χ0) is 14.8. The van der Waals surface area contributed by atoms with Crippen LogP contribution in [0.1, 0.15) is 19.8 Å². The van der Waals surface area contributed by atoms with Gasteiger partial charge in [0, 0.05) is 5.75 Å². The lowest BCUT2D eigenvalue weighted by atomic mass is 9.83. The van der Waals surface area contributed by atoms with E-state index in [2.05, 4.69) is 16.1 Å². The zero-order valence-electron chi connectivity index (χ0n) is 11.3. The van der Waals surface area contributed by atoms with Crippen LogP contribution in [0.15, 0.2) is 12.2 Å². The highest BCUT2D eigenvalue weighted by atomic mass is 32.2. The van der Waals surface area contributed by atoms with Crippen molar-refractivity contribution < 1.29 is 27.5 Å². The van der Waals surface area contributed by atoms with Crippen molar-refractivity contribution in [1.29, 1.82) is 0 Å². The minimum absolute atomic E-state index is 0.0522. The lowest BCUT2D eigenvalue weighted by Gasteiger charge is -2.24. The van der Waals surface area contributed by atoms with Crippen LogP contribution in [0.3, 0.4) is 0 Å². The predicted molar refractivity (Wildman–Crippen MR) is 68.1 cm³/mol. The summed E-state index contributed by atoms with van der Waals surface area (Å²) in [5, 5.41) is -0.803. The van der Waals surface area contributed by atoms with E-state index in [0.29, 0.717) is 0 Å². The number of hydrogen-bond donors (Lipinski definition) is 0. The first-order valence-corrected chi connectivity index (χ1v) is 7.54. The van der Waals surface area contributed by atoms with Crippen LogP contribution in [-0.4, -0.2) is 45.6 Å². The van der Waals surface area contributed by atoms with Gasteiger partial charge < -0.3 is 9.47 Å². The van der Waals surface area contributed by atoms with E-state index < -0.39 is 32.4 Å². The number of carbonyl (C=O) groups is 2. The Kier molecular flexibility index (Phi) is 4.39. The molecule has 6 nitrogen and oxygen atoms in total. The summed E-state index contributed by atoms with van der Waals surface area (Å²) in [6.45, 7) is 5.20. The number of methoxy groups -OCH3 is 2. The maximum Gasteiger partial charge on any atom is 0.327 e. The van der Waals surface area contributed by atoms with Gasteiger partial charge >= 0.3 is 11.9 Å². The highest BCUT2D eigenvalue weighted by Crippen LogP contribution is 2.46. The first-order chi connectivity index (χ1) is 8.76. The Morgan fingerprint density at radius 2 is 1.79 bits per heavy atom. The number of rotatable bonds is 4. The summed E-state index contributed by atoms with van der Waals surface area (Å²) in [5.74, 6) is -1.69. The molecule has 0 aliphatic heterocycles. The fraction of sp³-hybridized carbons (Fsp3) is 0.667. The Bertz CT molecular complexity index is 488. The van der Waals surface area contributed by atoms with Crippen LogP contribution in [0.2, 0.25) is 0 Å². The first kappa shape index (κ1) is 15.7. The van der Waals surface area contributed by atoms with Gasteiger partial charge in [0.15, 0.2) is 15.3 Å². The van der Waals surface area contributed by atoms with Gasteiger partial charge in [-0.05, 0) is 18.4 Å². The van der Waals surface area contributed by atoms with E-state index in [1.807, 2.05) is 0 Å². The zero-order valence-corrected chi connectivity index (χ0v) is 12.1. The SMILES string of the molecule is C=C1CC(S(=O)(=O)CC)CC1(C(=O)OC)C(=O)OC. The van der Waals surface area contributed by atoms with Gasteiger partial charge in [-0.1, -0.05) is 13.5 Å². The van der Waals surface area contributed by atoms with Gasteiger partial charge in [-0.25, -0.2) is 8.42 Å². The second-order valence-electron chi connectivity index (χ2n) is 4.47. The quantitative estimate of drug-likeness (QED) is 0.425. The highest BCUT2D eigenvalue weighted by Gasteiger charge is 2.58. The summed E-state index contributed by atoms with van der Waals surface area (Å²) in [4.78, 5) is 23.9. The Hall–Kier alpha value is -1.37. The van der Waals surface area contributed by atoms with E-state index in [-0.39, 0.29) is 24.2 Å². The number of esters is 2. The Labute approximate surface area is 112 Å². The standard InChI is InChI=1S/C12H18O6S/c1-5-19(15,16)9-6-8(2)12(7-9,10(13)17-3)11(14)18-4/h9H,2,5-7H2,1,3-4H3. The molecule has 7 heteroatoms. The van der Waals surface area contributed by atoms with E-state index >= 15 is 0 Å². The molecular weight excluding hydrogens is 272 g/mol. The van der Waals surface area contributed by atoms with Crippen LogP contribution in [0.5, 0.6) is 0 Å². The third-order valence-corrected chi connectivity index (χ3v) is 5.74. The molecule has 1 aliphatic carbocycles. The van der Waals surface area contributed by atoms with Crippen molar-refractivity contribution in [2.24, 2.45) is 5.41 Å². The van der Waals surface area contributed by atoms with Gasteiger partial charge in [-0.3, -0.25) is 9.59 Å². The molecule has 0 aromatic heterocycles. The van der Waals surface area contributed by atoms with Crippen LogP contribution in [-0.2, 0) is 28.9 Å². The summed E-state index contributed by atoms with van der Waals surface area (Å²) in [6, 6.07) is 0. The third kappa shape index (κ3) is 2.39. The van der Waals surface area contributed by atoms with Crippen LogP contribution >= 0.6 is 0 Å². The normalized spacial score (nSPS) is 22.1. The van der Waals surface area contributed by atoms with Crippen LogP contribution in [0.25, 0.3) is 0 Å². The molecule has 1 atom stereocenters. The summed E-state index contributed by atoms with van der Waals surface area (Å²) in [7, 11) is -1.08. The number of carbonyl (C=O) groups excluding carboxylic acids is 2. The fourth-order valence-electron chi connectivity index (χ4n) is 2.38. The molecule has 0 saturated heterocycles. The molecule has 0 amide bonds. The van der Waals surface area contributed by atoms with Gasteiger partial charge in [0.1, 0.15) is 0 Å². The molecule has 19 heavy (non-hydrogen) atoms. The van der Waals surface area contributed by atoms with Gasteiger partial charge in [0.25, 0.3) is 0 Å². The molecule has 0 N–H and O–H groups in total. The minimum Gasteiger partial charge on any atom is -0.468 e. The average molecular weight is 290 g/mol. The molecular formula is C12H18O6S. The molecule has 0 spiro atoms. The molecule has 0 radical (unpaired) electrons. The van der Waals surface area contributed by atoms with Gasteiger partial charge in [-0.2, -0.15) is 0 Å². The second-order valence-corrected chi connectivity index (χ2v) is 7.04. The van der Waals surface area contributed by atoms with Crippen molar-refractivity contribution in [3.8, 4) is 0 Å². The Balaban J connectivity index is 3.26. The van der Waals surface area contributed by atoms with Crippen molar-refractivity contribution in [3.63, 3.8) is 0 Å². The fourth-order valence-corrected chi connectivity index (χ4v) is 3.81. The van der Waals surface area contributed by atoms with Gasteiger partial charge in [0.05, 0.1) is 19.5 Å². The Morgan fingerprint density at radius 1 is 1.32 bits per heavy atom. The second kappa shape index (κ2) is 5.32. The van der Waals surface area contributed by atoms with Crippen molar-refractivity contribution in [1.82, 2.24) is 0 Å². The summed E-state index contributed by atoms with van der Waals surface area (Å²) < 4.78 is 33.1. The first-order valence-electron chi connectivity index (χ1n) is 5.82. The average Bonchev–Trinajstić information content (AvgIpc) is 2.76. The predicted octanol–water partition coefficient (Wildman–Crippen LogP) is 0.472. The maximum atomic E-state index is 11.9. The minimum atomic E-state index is -3.36. The van der Waals surface area contributed by atoms with Crippen molar-refractivity contribution in [2.45, 2.75) is 25.0 Å². The van der Waals surface area contributed by atoms with Crippen LogP contribution < -0.4 is 0 Å². The molecule has 1 fully saturated rings. The van der Waals surface area contributed by atoms with Crippen molar-refractivity contribution in [2.75, 3.05) is 20.0 Å². The molecule has 0 aromatic carbocycles. The van der Waals surface area contributed by atoms with Crippen LogP contribution in [0.4, 0.5) is 0 Å². The van der Waals surface area contributed by atoms with E-state index in [9.17, 15) is 18.0 Å². The largest absolute Gasteiger partial charge is 0.468 e. The van der Waals surface area contributed by atoms with E-state index in [4.69, 9.17) is 0 Å². The maximum absolute atomic E-state index is 11.9. The monoisotopic (exact) mass is 290 g/mol. The molecule has 1 saturated carbocycles. The van der Waals surface area contributed by atoms with E-state index in [1.165, 1.54) is 6.92 Å². The molecule has 0 aromatic rings. The molecule has 0 bridgehead atoms. The number of hydrogen-bond acceptors (Lipinski definition) is 6. The summed E-state index contributed by atoms with van der Waals surface area (Å²) in [6.07, 6.45) is -0.0955. The number of sulfone groups is 1. The van der Waals surface area contributed by atoms with Crippen molar-refractivity contribution in [3.05, 3.63) is 12.2 Å². The van der Waals surface area contributed by atoms with Crippen LogP contribution in [0, 0.1) is 5.41 Å². The summed E-state index contributed by atoms with van der Waals surface area (Å²) in [5.41, 5.74) is -1.47. The molecule has 1 unspecified atom stereocenters. The Morgan fingerprint density at radius 3 is 2.16 bits per heavy atom. The summed E-state index contributed by atoms with van der Waals surface area (Å²) >= 11 is 0. The molecule has 108 valence electrons.